The minimum Gasteiger partial charge on any atom is -0.394 e. The Hall–Kier alpha value is -1.85. The molecule has 2 aromatic carbocycles. The van der Waals surface area contributed by atoms with Crippen LogP contribution in [0.2, 0.25) is 10.0 Å². The Morgan fingerprint density at radius 3 is 2.25 bits per heavy atom. The molecule has 32 heavy (non-hydrogen) atoms. The summed E-state index contributed by atoms with van der Waals surface area (Å²) in [5.41, 5.74) is 1.30. The third-order valence-corrected chi connectivity index (χ3v) is 6.96. The van der Waals surface area contributed by atoms with Crippen molar-refractivity contribution in [1.29, 1.82) is 0 Å². The molecule has 1 fully saturated rings. The second-order valence-electron chi connectivity index (χ2n) is 9.80. The number of amides is 1. The van der Waals surface area contributed by atoms with Gasteiger partial charge in [0.2, 0.25) is 5.91 Å². The number of carbonyl (C=O) groups is 1. The number of rotatable bonds is 8. The SMILES string of the molecule is C=C1C[C@@]1(C[C@H](c1cccc(Cl)c1)[C@@H](O)c1ccc(Cl)cc1)C(=O)NC(CO)C(C)(C)C. The summed E-state index contributed by atoms with van der Waals surface area (Å²) >= 11 is 12.3. The van der Waals surface area contributed by atoms with Crippen LogP contribution in [0.4, 0.5) is 0 Å². The molecule has 0 aliphatic heterocycles. The van der Waals surface area contributed by atoms with Gasteiger partial charge in [-0.05, 0) is 53.6 Å². The van der Waals surface area contributed by atoms with Gasteiger partial charge >= 0.3 is 0 Å². The van der Waals surface area contributed by atoms with E-state index in [1.807, 2.05) is 39.0 Å². The summed E-state index contributed by atoms with van der Waals surface area (Å²) in [7, 11) is 0. The number of benzene rings is 2. The minimum atomic E-state index is -0.861. The van der Waals surface area contributed by atoms with Gasteiger partial charge in [-0.25, -0.2) is 0 Å². The first-order valence-corrected chi connectivity index (χ1v) is 11.5. The van der Waals surface area contributed by atoms with Gasteiger partial charge in [-0.2, -0.15) is 0 Å². The minimum absolute atomic E-state index is 0.150. The summed E-state index contributed by atoms with van der Waals surface area (Å²) in [4.78, 5) is 13.4. The molecular weight excluding hydrogens is 445 g/mol. The van der Waals surface area contributed by atoms with E-state index in [9.17, 15) is 15.0 Å². The first-order valence-electron chi connectivity index (χ1n) is 10.8. The van der Waals surface area contributed by atoms with Gasteiger partial charge in [0.1, 0.15) is 0 Å². The van der Waals surface area contributed by atoms with Crippen molar-refractivity contribution in [2.75, 3.05) is 6.61 Å². The van der Waals surface area contributed by atoms with Gasteiger partial charge in [0.05, 0.1) is 24.2 Å². The van der Waals surface area contributed by atoms with E-state index >= 15 is 0 Å². The monoisotopic (exact) mass is 475 g/mol. The highest BCUT2D eigenvalue weighted by atomic mass is 35.5. The zero-order valence-corrected chi connectivity index (χ0v) is 20.2. The van der Waals surface area contributed by atoms with Gasteiger partial charge in [0, 0.05) is 16.0 Å². The number of nitrogens with one attached hydrogen (secondary N) is 1. The van der Waals surface area contributed by atoms with Crippen molar-refractivity contribution in [3.05, 3.63) is 81.9 Å². The number of aliphatic hydroxyl groups excluding tert-OH is 2. The highest BCUT2D eigenvalue weighted by Crippen LogP contribution is 2.58. The van der Waals surface area contributed by atoms with Crippen LogP contribution in [0.25, 0.3) is 0 Å². The lowest BCUT2D eigenvalue weighted by Crippen LogP contribution is -2.49. The first-order chi connectivity index (χ1) is 15.0. The zero-order chi connectivity index (χ0) is 23.7. The van der Waals surface area contributed by atoms with Crippen LogP contribution in [0.1, 0.15) is 56.8 Å². The largest absolute Gasteiger partial charge is 0.394 e. The number of hydrogen-bond acceptors (Lipinski definition) is 3. The second kappa shape index (κ2) is 9.56. The lowest BCUT2D eigenvalue weighted by atomic mass is 9.79. The Balaban J connectivity index is 1.93. The van der Waals surface area contributed by atoms with Crippen LogP contribution in [0.3, 0.4) is 0 Å². The lowest BCUT2D eigenvalue weighted by molar-refractivity contribution is -0.128. The van der Waals surface area contributed by atoms with E-state index in [1.165, 1.54) is 0 Å². The number of halogens is 2. The Morgan fingerprint density at radius 1 is 1.12 bits per heavy atom. The molecular formula is C26H31Cl2NO3. The molecule has 4 atom stereocenters. The van der Waals surface area contributed by atoms with E-state index in [0.717, 1.165) is 11.1 Å². The van der Waals surface area contributed by atoms with Crippen molar-refractivity contribution in [3.8, 4) is 0 Å². The molecule has 0 heterocycles. The zero-order valence-electron chi connectivity index (χ0n) is 18.7. The van der Waals surface area contributed by atoms with E-state index in [4.69, 9.17) is 23.2 Å². The van der Waals surface area contributed by atoms with Crippen molar-refractivity contribution in [2.45, 2.75) is 51.7 Å². The van der Waals surface area contributed by atoms with Crippen LogP contribution < -0.4 is 5.32 Å². The Bertz CT molecular complexity index is 983. The fourth-order valence-electron chi connectivity index (χ4n) is 4.12. The van der Waals surface area contributed by atoms with Crippen molar-refractivity contribution in [2.24, 2.45) is 10.8 Å². The predicted octanol–water partition coefficient (Wildman–Crippen LogP) is 5.67. The van der Waals surface area contributed by atoms with Crippen LogP contribution in [-0.4, -0.2) is 28.8 Å². The molecule has 0 bridgehead atoms. The Morgan fingerprint density at radius 2 is 1.75 bits per heavy atom. The van der Waals surface area contributed by atoms with Gasteiger partial charge in [0.15, 0.2) is 0 Å². The van der Waals surface area contributed by atoms with Crippen LogP contribution in [0.15, 0.2) is 60.7 Å². The molecule has 2 aromatic rings. The summed E-state index contributed by atoms with van der Waals surface area (Å²) in [6.45, 7) is 9.87. The molecule has 3 N–H and O–H groups in total. The van der Waals surface area contributed by atoms with Crippen molar-refractivity contribution in [1.82, 2.24) is 5.32 Å². The Kier molecular flexibility index (Phi) is 7.41. The standard InChI is InChI=1S/C26H31Cl2NO3/c1-16-13-26(16,24(32)29-22(15-30)25(2,3)4)14-21(18-6-5-7-20(28)12-18)23(31)17-8-10-19(27)11-9-17/h5-12,21-23,30-31H,1,13-15H2,2-4H3,(H,29,32)/t21-,22?,23+,26+/m1/s1. The predicted molar refractivity (Wildman–Crippen MR) is 130 cm³/mol. The van der Waals surface area contributed by atoms with E-state index in [1.54, 1.807) is 30.3 Å². The van der Waals surface area contributed by atoms with E-state index in [2.05, 4.69) is 11.9 Å². The molecule has 172 valence electrons. The van der Waals surface area contributed by atoms with Gasteiger partial charge in [-0.1, -0.05) is 80.4 Å². The normalized spacial score (nSPS) is 21.0. The number of carbonyl (C=O) groups excluding carboxylic acids is 1. The maximum absolute atomic E-state index is 13.4. The maximum atomic E-state index is 13.4. The van der Waals surface area contributed by atoms with E-state index < -0.39 is 11.5 Å². The van der Waals surface area contributed by atoms with E-state index in [0.29, 0.717) is 28.5 Å². The van der Waals surface area contributed by atoms with Gasteiger partial charge in [-0.15, -0.1) is 0 Å². The van der Waals surface area contributed by atoms with E-state index in [-0.39, 0.29) is 29.9 Å². The van der Waals surface area contributed by atoms with Gasteiger partial charge < -0.3 is 15.5 Å². The lowest BCUT2D eigenvalue weighted by Gasteiger charge is -2.33. The number of aliphatic hydroxyl groups is 2. The smallest absolute Gasteiger partial charge is 0.230 e. The molecule has 0 radical (unpaired) electrons. The van der Waals surface area contributed by atoms with Crippen molar-refractivity contribution >= 4 is 29.1 Å². The third kappa shape index (κ3) is 5.37. The maximum Gasteiger partial charge on any atom is 0.230 e. The molecule has 1 saturated carbocycles. The molecule has 3 rings (SSSR count). The van der Waals surface area contributed by atoms with Crippen LogP contribution in [0.5, 0.6) is 0 Å². The molecule has 1 unspecified atom stereocenters. The first kappa shape index (κ1) is 24.8. The fraction of sp³-hybridized carbons (Fsp3) is 0.423. The van der Waals surface area contributed by atoms with Gasteiger partial charge in [0.25, 0.3) is 0 Å². The van der Waals surface area contributed by atoms with Crippen molar-refractivity contribution in [3.63, 3.8) is 0 Å². The average Bonchev–Trinajstić information content (AvgIpc) is 3.39. The van der Waals surface area contributed by atoms with Gasteiger partial charge in [-0.3, -0.25) is 4.79 Å². The summed E-state index contributed by atoms with van der Waals surface area (Å²) in [5, 5.41) is 25.3. The summed E-state index contributed by atoms with van der Waals surface area (Å²) in [6, 6.07) is 14.0. The molecule has 1 aliphatic carbocycles. The highest BCUT2D eigenvalue weighted by molar-refractivity contribution is 6.30. The second-order valence-corrected chi connectivity index (χ2v) is 10.7. The topological polar surface area (TPSA) is 69.6 Å². The Labute approximate surface area is 200 Å². The van der Waals surface area contributed by atoms with Crippen LogP contribution >= 0.6 is 23.2 Å². The molecule has 4 nitrogen and oxygen atoms in total. The fourth-order valence-corrected chi connectivity index (χ4v) is 4.44. The summed E-state index contributed by atoms with van der Waals surface area (Å²) in [6.07, 6.45) is 0.0652. The van der Waals surface area contributed by atoms with Crippen LogP contribution in [0, 0.1) is 10.8 Å². The molecule has 0 aromatic heterocycles. The molecule has 0 saturated heterocycles. The molecule has 0 spiro atoms. The number of hydrogen-bond donors (Lipinski definition) is 3. The quantitative estimate of drug-likeness (QED) is 0.430. The molecule has 1 aliphatic rings. The van der Waals surface area contributed by atoms with Crippen LogP contribution in [-0.2, 0) is 4.79 Å². The van der Waals surface area contributed by atoms with Crippen molar-refractivity contribution < 1.29 is 15.0 Å². The molecule has 1 amide bonds. The summed E-state index contributed by atoms with van der Waals surface area (Å²) < 4.78 is 0. The highest BCUT2D eigenvalue weighted by Gasteiger charge is 2.56. The third-order valence-electron chi connectivity index (χ3n) is 6.47. The average molecular weight is 476 g/mol. The molecule has 6 heteroatoms. The summed E-state index contributed by atoms with van der Waals surface area (Å²) in [5.74, 6) is -0.547.